The van der Waals surface area contributed by atoms with E-state index in [2.05, 4.69) is 11.4 Å². The molecule has 1 aromatic carbocycles. The number of ketones is 1. The number of allylic oxidation sites excluding steroid dienone is 2. The first-order valence-corrected chi connectivity index (χ1v) is 7.57. The van der Waals surface area contributed by atoms with Crippen molar-refractivity contribution in [1.29, 1.82) is 0 Å². The molecule has 0 saturated heterocycles. The third-order valence-corrected chi connectivity index (χ3v) is 4.60. The number of Topliss-reactive ketones (excluding diaryl/α,β-unsaturated/α-hetero) is 1. The molecule has 0 bridgehead atoms. The highest BCUT2D eigenvalue weighted by molar-refractivity contribution is 7.11. The molecule has 0 unspecified atom stereocenters. The van der Waals surface area contributed by atoms with Gasteiger partial charge in [0.25, 0.3) is 0 Å². The summed E-state index contributed by atoms with van der Waals surface area (Å²) < 4.78 is 0. The van der Waals surface area contributed by atoms with Gasteiger partial charge in [-0.1, -0.05) is 17.7 Å². The van der Waals surface area contributed by atoms with Gasteiger partial charge in [-0.2, -0.15) is 0 Å². The molecule has 0 saturated carbocycles. The van der Waals surface area contributed by atoms with E-state index < -0.39 is 0 Å². The topological polar surface area (TPSA) is 17.1 Å². The first-order valence-electron chi connectivity index (χ1n) is 6.32. The van der Waals surface area contributed by atoms with Gasteiger partial charge in [0.05, 0.1) is 0 Å². The molecule has 1 nitrogen and oxygen atoms in total. The molecule has 1 aliphatic rings. The fraction of sp³-hybridized carbons (Fsp3) is 0.188. The summed E-state index contributed by atoms with van der Waals surface area (Å²) in [5, 5.41) is 2.72. The zero-order chi connectivity index (χ0) is 13.2. The van der Waals surface area contributed by atoms with E-state index in [-0.39, 0.29) is 5.78 Å². The second-order valence-electron chi connectivity index (χ2n) is 4.62. The zero-order valence-electron chi connectivity index (χ0n) is 10.4. The molecule has 1 heterocycles. The Morgan fingerprint density at radius 3 is 2.58 bits per heavy atom. The highest BCUT2D eigenvalue weighted by atomic mass is 35.5. The third-order valence-electron chi connectivity index (χ3n) is 3.42. The summed E-state index contributed by atoms with van der Waals surface area (Å²) in [7, 11) is 0. The van der Waals surface area contributed by atoms with Crippen LogP contribution in [0, 0.1) is 0 Å². The van der Waals surface area contributed by atoms with Crippen LogP contribution >= 0.6 is 22.9 Å². The molecular formula is C16H13ClOS. The lowest BCUT2D eigenvalue weighted by molar-refractivity contribution is 0.103. The summed E-state index contributed by atoms with van der Waals surface area (Å²) in [6.07, 6.45) is 2.96. The lowest BCUT2D eigenvalue weighted by Crippen LogP contribution is -2.02. The van der Waals surface area contributed by atoms with E-state index in [9.17, 15) is 4.79 Å². The van der Waals surface area contributed by atoms with Crippen molar-refractivity contribution in [3.05, 3.63) is 62.8 Å². The van der Waals surface area contributed by atoms with Crippen LogP contribution in [0.3, 0.4) is 0 Å². The van der Waals surface area contributed by atoms with Gasteiger partial charge < -0.3 is 0 Å². The Labute approximate surface area is 121 Å². The van der Waals surface area contributed by atoms with Gasteiger partial charge in [-0.25, -0.2) is 0 Å². The van der Waals surface area contributed by atoms with Crippen LogP contribution < -0.4 is 0 Å². The van der Waals surface area contributed by atoms with Crippen LogP contribution in [0.25, 0.3) is 5.57 Å². The standard InChI is InChI=1S/C16H13ClOS/c17-12-8-6-11(7-9-12)16(18)14-4-1-3-13(14)15-5-2-10-19-15/h2,5-10H,1,3-4H2. The van der Waals surface area contributed by atoms with Gasteiger partial charge in [0.2, 0.25) is 0 Å². The SMILES string of the molecule is O=C(C1=C(c2cccs2)CCC1)c1ccc(Cl)cc1. The van der Waals surface area contributed by atoms with Crippen molar-refractivity contribution in [1.82, 2.24) is 0 Å². The number of carbonyl (C=O) groups is 1. The van der Waals surface area contributed by atoms with Crippen molar-refractivity contribution in [3.63, 3.8) is 0 Å². The lowest BCUT2D eigenvalue weighted by atomic mass is 9.99. The summed E-state index contributed by atoms with van der Waals surface area (Å²) in [4.78, 5) is 13.8. The van der Waals surface area contributed by atoms with Crippen molar-refractivity contribution in [3.8, 4) is 0 Å². The maximum absolute atomic E-state index is 12.6. The predicted molar refractivity (Wildman–Crippen MR) is 80.9 cm³/mol. The summed E-state index contributed by atoms with van der Waals surface area (Å²) in [5.74, 6) is 0.151. The summed E-state index contributed by atoms with van der Waals surface area (Å²) in [5.41, 5.74) is 2.94. The molecule has 0 radical (unpaired) electrons. The van der Waals surface area contributed by atoms with Gasteiger partial charge in [-0.15, -0.1) is 11.3 Å². The Balaban J connectivity index is 1.98. The summed E-state index contributed by atoms with van der Waals surface area (Å²) in [6.45, 7) is 0. The minimum atomic E-state index is 0.151. The number of rotatable bonds is 3. The molecule has 0 N–H and O–H groups in total. The molecule has 1 aromatic heterocycles. The summed E-state index contributed by atoms with van der Waals surface area (Å²) >= 11 is 7.57. The van der Waals surface area contributed by atoms with Crippen LogP contribution in [0.5, 0.6) is 0 Å². The number of halogens is 1. The predicted octanol–water partition coefficient (Wildman–Crippen LogP) is 5.22. The molecule has 3 rings (SSSR count). The molecule has 0 amide bonds. The van der Waals surface area contributed by atoms with Crippen LogP contribution in [0.1, 0.15) is 34.5 Å². The number of carbonyl (C=O) groups excluding carboxylic acids is 1. The van der Waals surface area contributed by atoms with E-state index in [1.54, 1.807) is 23.5 Å². The van der Waals surface area contributed by atoms with Crippen molar-refractivity contribution in [2.75, 3.05) is 0 Å². The second kappa shape index (κ2) is 5.32. The Morgan fingerprint density at radius 2 is 1.89 bits per heavy atom. The van der Waals surface area contributed by atoms with E-state index in [1.807, 2.05) is 18.2 Å². The molecule has 0 aliphatic heterocycles. The molecule has 0 atom stereocenters. The lowest BCUT2D eigenvalue weighted by Gasteiger charge is -2.05. The van der Waals surface area contributed by atoms with Crippen LogP contribution in [0.15, 0.2) is 47.4 Å². The molecule has 19 heavy (non-hydrogen) atoms. The van der Waals surface area contributed by atoms with E-state index in [0.717, 1.165) is 30.4 Å². The van der Waals surface area contributed by atoms with Gasteiger partial charge in [0.15, 0.2) is 5.78 Å². The minimum Gasteiger partial charge on any atom is -0.289 e. The van der Waals surface area contributed by atoms with Crippen molar-refractivity contribution in [2.45, 2.75) is 19.3 Å². The van der Waals surface area contributed by atoms with Crippen LogP contribution in [-0.4, -0.2) is 5.78 Å². The molecule has 96 valence electrons. The molecule has 2 aromatic rings. The van der Waals surface area contributed by atoms with Gasteiger partial charge in [0.1, 0.15) is 0 Å². The quantitative estimate of drug-likeness (QED) is 0.708. The molecule has 0 fully saturated rings. The Hall–Kier alpha value is -1.38. The fourth-order valence-electron chi connectivity index (χ4n) is 2.49. The first-order chi connectivity index (χ1) is 9.25. The number of hydrogen-bond donors (Lipinski definition) is 0. The van der Waals surface area contributed by atoms with E-state index in [1.165, 1.54) is 10.5 Å². The first kappa shape index (κ1) is 12.6. The van der Waals surface area contributed by atoms with E-state index in [0.29, 0.717) is 5.02 Å². The van der Waals surface area contributed by atoms with E-state index in [4.69, 9.17) is 11.6 Å². The number of thiophene rings is 1. The van der Waals surface area contributed by atoms with Crippen molar-refractivity contribution >= 4 is 34.3 Å². The molecule has 1 aliphatic carbocycles. The molecule has 0 spiro atoms. The largest absolute Gasteiger partial charge is 0.289 e. The third kappa shape index (κ3) is 2.51. The van der Waals surface area contributed by atoms with Crippen molar-refractivity contribution in [2.24, 2.45) is 0 Å². The highest BCUT2D eigenvalue weighted by Gasteiger charge is 2.23. The second-order valence-corrected chi connectivity index (χ2v) is 6.01. The number of hydrogen-bond acceptors (Lipinski definition) is 2. The number of benzene rings is 1. The van der Waals surface area contributed by atoms with Crippen LogP contribution in [-0.2, 0) is 0 Å². The Kier molecular flexibility index (Phi) is 3.54. The zero-order valence-corrected chi connectivity index (χ0v) is 11.9. The fourth-order valence-corrected chi connectivity index (χ4v) is 3.45. The smallest absolute Gasteiger partial charge is 0.189 e. The Bertz CT molecular complexity index is 623. The van der Waals surface area contributed by atoms with Gasteiger partial charge in [-0.3, -0.25) is 4.79 Å². The van der Waals surface area contributed by atoms with Crippen LogP contribution in [0.4, 0.5) is 0 Å². The van der Waals surface area contributed by atoms with E-state index >= 15 is 0 Å². The highest BCUT2D eigenvalue weighted by Crippen LogP contribution is 2.37. The van der Waals surface area contributed by atoms with Gasteiger partial charge >= 0.3 is 0 Å². The van der Waals surface area contributed by atoms with Crippen molar-refractivity contribution < 1.29 is 4.79 Å². The monoisotopic (exact) mass is 288 g/mol. The normalized spacial score (nSPS) is 15.0. The molecule has 3 heteroatoms. The molecular weight excluding hydrogens is 276 g/mol. The summed E-state index contributed by atoms with van der Waals surface area (Å²) in [6, 6.07) is 11.3. The average Bonchev–Trinajstić information content (AvgIpc) is 3.09. The minimum absolute atomic E-state index is 0.151. The average molecular weight is 289 g/mol. The van der Waals surface area contributed by atoms with Gasteiger partial charge in [0, 0.05) is 21.0 Å². The van der Waals surface area contributed by atoms with Gasteiger partial charge in [-0.05, 0) is 60.5 Å². The van der Waals surface area contributed by atoms with Crippen LogP contribution in [0.2, 0.25) is 5.02 Å². The maximum atomic E-state index is 12.6. The maximum Gasteiger partial charge on any atom is 0.189 e. The Morgan fingerprint density at radius 1 is 1.11 bits per heavy atom.